The number of hydrogen-bond donors (Lipinski definition) is 0. The minimum atomic E-state index is -0.135. The van der Waals surface area contributed by atoms with Crippen molar-refractivity contribution in [1.82, 2.24) is 9.47 Å². The molecule has 27 heavy (non-hydrogen) atoms. The van der Waals surface area contributed by atoms with Crippen LogP contribution < -0.4 is 14.9 Å². The average molecular weight is 370 g/mol. The fourth-order valence-electron chi connectivity index (χ4n) is 3.42. The van der Waals surface area contributed by atoms with Crippen LogP contribution in [0.4, 0.5) is 0 Å². The molecule has 0 unspecified atom stereocenters. The Morgan fingerprint density at radius 3 is 2.78 bits per heavy atom. The molecular formula is C21H26N2O4. The molecule has 1 aliphatic heterocycles. The number of aromatic nitrogens is 1. The number of ether oxygens (including phenoxy) is 2. The van der Waals surface area contributed by atoms with E-state index >= 15 is 0 Å². The number of benzene rings is 1. The van der Waals surface area contributed by atoms with Crippen LogP contribution >= 0.6 is 0 Å². The second-order valence-corrected chi connectivity index (χ2v) is 7.03. The second-order valence-electron chi connectivity index (χ2n) is 7.03. The summed E-state index contributed by atoms with van der Waals surface area (Å²) in [5, 5.41) is 0. The van der Waals surface area contributed by atoms with Gasteiger partial charge in [-0.05, 0) is 31.9 Å². The molecule has 1 fully saturated rings. The van der Waals surface area contributed by atoms with Crippen LogP contribution in [0.15, 0.2) is 41.2 Å². The quantitative estimate of drug-likeness (QED) is 0.812. The third kappa shape index (κ3) is 4.51. The van der Waals surface area contributed by atoms with Crippen molar-refractivity contribution in [2.75, 3.05) is 26.8 Å². The van der Waals surface area contributed by atoms with Gasteiger partial charge in [-0.25, -0.2) is 0 Å². The van der Waals surface area contributed by atoms with Gasteiger partial charge in [0.1, 0.15) is 17.2 Å². The number of amides is 1. The molecule has 0 aliphatic carbocycles. The van der Waals surface area contributed by atoms with Crippen LogP contribution in [0.25, 0.3) is 0 Å². The number of hydrogen-bond acceptors (Lipinski definition) is 4. The Kier molecular flexibility index (Phi) is 5.84. The summed E-state index contributed by atoms with van der Waals surface area (Å²) in [6.07, 6.45) is 1.94. The van der Waals surface area contributed by atoms with E-state index in [1.54, 1.807) is 11.7 Å². The van der Waals surface area contributed by atoms with Crippen LogP contribution in [0.1, 0.15) is 29.0 Å². The van der Waals surface area contributed by atoms with E-state index in [4.69, 9.17) is 9.47 Å². The normalized spacial score (nSPS) is 16.9. The van der Waals surface area contributed by atoms with Crippen molar-refractivity contribution < 1.29 is 14.3 Å². The highest BCUT2D eigenvalue weighted by atomic mass is 16.5. The maximum Gasteiger partial charge on any atom is 0.270 e. The topological polar surface area (TPSA) is 60.8 Å². The molecule has 3 rings (SSSR count). The molecule has 0 N–H and O–H groups in total. The highest BCUT2D eigenvalue weighted by Crippen LogP contribution is 2.23. The molecular weight excluding hydrogens is 344 g/mol. The van der Waals surface area contributed by atoms with E-state index in [1.807, 2.05) is 43.1 Å². The van der Waals surface area contributed by atoms with Crippen LogP contribution in [-0.4, -0.2) is 42.2 Å². The predicted octanol–water partition coefficient (Wildman–Crippen LogP) is 2.63. The SMILES string of the molecule is COc1cccc(OC[C@@H]2CCCN(C(=O)c3cc(=O)cc(C)n3C)C2)c1. The third-order valence-corrected chi connectivity index (χ3v) is 5.07. The number of likely N-dealkylation sites (tertiary alicyclic amines) is 1. The van der Waals surface area contributed by atoms with Crippen LogP contribution in [0, 0.1) is 12.8 Å². The zero-order valence-electron chi connectivity index (χ0n) is 16.1. The lowest BCUT2D eigenvalue weighted by atomic mass is 9.98. The lowest BCUT2D eigenvalue weighted by Gasteiger charge is -2.33. The maximum absolute atomic E-state index is 12.9. The first-order valence-electron chi connectivity index (χ1n) is 9.21. The van der Waals surface area contributed by atoms with E-state index in [0.29, 0.717) is 25.4 Å². The summed E-state index contributed by atoms with van der Waals surface area (Å²) in [6.45, 7) is 3.71. The van der Waals surface area contributed by atoms with Gasteiger partial charge in [-0.15, -0.1) is 0 Å². The van der Waals surface area contributed by atoms with Gasteiger partial charge < -0.3 is 18.9 Å². The fraction of sp³-hybridized carbons (Fsp3) is 0.429. The van der Waals surface area contributed by atoms with Gasteiger partial charge in [-0.1, -0.05) is 6.07 Å². The molecule has 6 heteroatoms. The number of piperidine rings is 1. The molecule has 0 bridgehead atoms. The summed E-state index contributed by atoms with van der Waals surface area (Å²) in [5.41, 5.74) is 1.08. The highest BCUT2D eigenvalue weighted by Gasteiger charge is 2.26. The average Bonchev–Trinajstić information content (AvgIpc) is 2.69. The van der Waals surface area contributed by atoms with Crippen LogP contribution in [0.5, 0.6) is 11.5 Å². The van der Waals surface area contributed by atoms with E-state index < -0.39 is 0 Å². The molecule has 2 aromatic rings. The monoisotopic (exact) mass is 370 g/mol. The van der Waals surface area contributed by atoms with Gasteiger partial charge in [0.25, 0.3) is 5.91 Å². The predicted molar refractivity (Wildman–Crippen MR) is 104 cm³/mol. The highest BCUT2D eigenvalue weighted by molar-refractivity contribution is 5.92. The zero-order valence-corrected chi connectivity index (χ0v) is 16.1. The molecule has 144 valence electrons. The minimum absolute atomic E-state index is 0.0932. The van der Waals surface area contributed by atoms with Crippen LogP contribution in [0.2, 0.25) is 0 Å². The number of carbonyl (C=O) groups excluding carboxylic acids is 1. The van der Waals surface area contributed by atoms with Crippen molar-refractivity contribution in [3.8, 4) is 11.5 Å². The standard InChI is InChI=1S/C21H26N2O4/c1-15-10-17(24)11-20(22(15)2)21(25)23-9-5-6-16(13-23)14-27-19-8-4-7-18(12-19)26-3/h4,7-8,10-12,16H,5-6,9,13-14H2,1-3H3/t16-/m1/s1. The van der Waals surface area contributed by atoms with Crippen molar-refractivity contribution in [2.24, 2.45) is 13.0 Å². The van der Waals surface area contributed by atoms with Crippen LogP contribution in [0.3, 0.4) is 0 Å². The number of rotatable bonds is 5. The molecule has 1 aromatic carbocycles. The van der Waals surface area contributed by atoms with Gasteiger partial charge in [-0.2, -0.15) is 0 Å². The zero-order chi connectivity index (χ0) is 19.4. The lowest BCUT2D eigenvalue weighted by Crippen LogP contribution is -2.42. The molecule has 0 spiro atoms. The first-order valence-corrected chi connectivity index (χ1v) is 9.21. The molecule has 0 saturated carbocycles. The lowest BCUT2D eigenvalue weighted by molar-refractivity contribution is 0.0622. The van der Waals surface area contributed by atoms with Gasteiger partial charge >= 0.3 is 0 Å². The number of carbonyl (C=O) groups is 1. The molecule has 2 heterocycles. The van der Waals surface area contributed by atoms with Crippen LogP contribution in [-0.2, 0) is 7.05 Å². The summed E-state index contributed by atoms with van der Waals surface area (Å²) < 4.78 is 12.9. The van der Waals surface area contributed by atoms with Gasteiger partial charge in [0.2, 0.25) is 0 Å². The second kappa shape index (κ2) is 8.29. The third-order valence-electron chi connectivity index (χ3n) is 5.07. The molecule has 1 amide bonds. The Bertz CT molecular complexity index is 875. The van der Waals surface area contributed by atoms with E-state index in [2.05, 4.69) is 0 Å². The molecule has 1 aromatic heterocycles. The summed E-state index contributed by atoms with van der Waals surface area (Å²) in [4.78, 5) is 26.6. The Hall–Kier alpha value is -2.76. The number of methoxy groups -OCH3 is 1. The van der Waals surface area contributed by atoms with E-state index in [0.717, 1.165) is 30.0 Å². The molecule has 6 nitrogen and oxygen atoms in total. The summed E-state index contributed by atoms with van der Waals surface area (Å²) in [5.74, 6) is 1.69. The van der Waals surface area contributed by atoms with Crippen molar-refractivity contribution in [2.45, 2.75) is 19.8 Å². The Balaban J connectivity index is 1.65. The molecule has 0 radical (unpaired) electrons. The molecule has 1 aliphatic rings. The maximum atomic E-state index is 12.9. The van der Waals surface area contributed by atoms with Crippen molar-refractivity contribution >= 4 is 5.91 Å². The Morgan fingerprint density at radius 2 is 2.00 bits per heavy atom. The number of aryl methyl sites for hydroxylation is 1. The smallest absolute Gasteiger partial charge is 0.270 e. The van der Waals surface area contributed by atoms with Gasteiger partial charge in [0, 0.05) is 49.9 Å². The molecule has 1 atom stereocenters. The summed E-state index contributed by atoms with van der Waals surface area (Å²) in [7, 11) is 3.44. The first kappa shape index (κ1) is 19.0. The van der Waals surface area contributed by atoms with Gasteiger partial charge in [0.15, 0.2) is 5.43 Å². The molecule has 1 saturated heterocycles. The minimum Gasteiger partial charge on any atom is -0.497 e. The Labute approximate surface area is 159 Å². The first-order chi connectivity index (χ1) is 13.0. The number of pyridine rings is 1. The van der Waals surface area contributed by atoms with Crippen molar-refractivity contribution in [3.05, 3.63) is 58.0 Å². The van der Waals surface area contributed by atoms with Gasteiger partial charge in [-0.3, -0.25) is 9.59 Å². The fourth-order valence-corrected chi connectivity index (χ4v) is 3.42. The van der Waals surface area contributed by atoms with E-state index in [1.165, 1.54) is 12.1 Å². The van der Waals surface area contributed by atoms with Crippen molar-refractivity contribution in [3.63, 3.8) is 0 Å². The summed E-state index contributed by atoms with van der Waals surface area (Å²) in [6, 6.07) is 10.5. The number of nitrogens with zero attached hydrogens (tertiary/aromatic N) is 2. The van der Waals surface area contributed by atoms with E-state index in [9.17, 15) is 9.59 Å². The summed E-state index contributed by atoms with van der Waals surface area (Å²) >= 11 is 0. The van der Waals surface area contributed by atoms with Gasteiger partial charge in [0.05, 0.1) is 13.7 Å². The largest absolute Gasteiger partial charge is 0.497 e. The Morgan fingerprint density at radius 1 is 1.22 bits per heavy atom. The van der Waals surface area contributed by atoms with Crippen molar-refractivity contribution in [1.29, 1.82) is 0 Å². The van der Waals surface area contributed by atoms with E-state index in [-0.39, 0.29) is 17.3 Å².